The van der Waals surface area contributed by atoms with Gasteiger partial charge < -0.3 is 24.3 Å². The SMILES string of the molecule is C[N+](C)(C)C([O-])[C@@H](CC(=O)O)OP(=O)(O)OCCCCCCCCOc1ccc(Cl)cc1. The highest BCUT2D eigenvalue weighted by molar-refractivity contribution is 7.47. The van der Waals surface area contributed by atoms with Crippen molar-refractivity contribution in [3.63, 3.8) is 0 Å². The number of unbranched alkanes of at least 4 members (excludes halogenated alkanes) is 5. The van der Waals surface area contributed by atoms with Crippen molar-refractivity contribution in [1.29, 1.82) is 0 Å². The molecule has 0 heterocycles. The number of rotatable bonds is 17. The van der Waals surface area contributed by atoms with Crippen molar-refractivity contribution in [3.05, 3.63) is 29.3 Å². The van der Waals surface area contributed by atoms with E-state index in [-0.39, 0.29) is 11.1 Å². The lowest BCUT2D eigenvalue weighted by Gasteiger charge is -2.42. The zero-order chi connectivity index (χ0) is 24.2. The second kappa shape index (κ2) is 14.2. The highest BCUT2D eigenvalue weighted by Gasteiger charge is 2.34. The Morgan fingerprint density at radius 2 is 1.59 bits per heavy atom. The average molecular weight is 496 g/mol. The number of nitrogens with zero attached hydrogens (tertiary/aromatic N) is 1. The molecule has 0 saturated heterocycles. The molecule has 1 aromatic carbocycles. The van der Waals surface area contributed by atoms with Gasteiger partial charge in [-0.3, -0.25) is 13.8 Å². The van der Waals surface area contributed by atoms with Gasteiger partial charge in [-0.25, -0.2) is 4.57 Å². The molecule has 0 amide bonds. The molecular weight excluding hydrogens is 461 g/mol. The van der Waals surface area contributed by atoms with E-state index < -0.39 is 32.5 Å². The molecule has 2 N–H and O–H groups in total. The van der Waals surface area contributed by atoms with Gasteiger partial charge >= 0.3 is 13.8 Å². The molecule has 0 aliphatic carbocycles. The lowest BCUT2D eigenvalue weighted by molar-refractivity contribution is -0.973. The number of hydrogen-bond donors (Lipinski definition) is 2. The lowest BCUT2D eigenvalue weighted by atomic mass is 10.1. The van der Waals surface area contributed by atoms with E-state index in [2.05, 4.69) is 0 Å². The molecule has 9 nitrogen and oxygen atoms in total. The first kappa shape index (κ1) is 28.8. The number of carboxylic acid groups (broad SMARTS) is 1. The molecule has 1 aromatic rings. The Kier molecular flexibility index (Phi) is 12.8. The van der Waals surface area contributed by atoms with Crippen LogP contribution in [0.5, 0.6) is 5.75 Å². The van der Waals surface area contributed by atoms with Crippen molar-refractivity contribution in [3.8, 4) is 5.75 Å². The minimum atomic E-state index is -4.53. The van der Waals surface area contributed by atoms with Crippen LogP contribution in [-0.4, -0.2) is 67.1 Å². The summed E-state index contributed by atoms with van der Waals surface area (Å²) in [5.74, 6) is -0.500. The van der Waals surface area contributed by atoms with E-state index in [4.69, 9.17) is 30.5 Å². The molecule has 3 atom stereocenters. The van der Waals surface area contributed by atoms with Gasteiger partial charge in [0.1, 0.15) is 11.9 Å². The highest BCUT2D eigenvalue weighted by Crippen LogP contribution is 2.45. The molecule has 32 heavy (non-hydrogen) atoms. The van der Waals surface area contributed by atoms with Gasteiger partial charge in [-0.05, 0) is 37.1 Å². The topological polar surface area (TPSA) is 125 Å². The minimum absolute atomic E-state index is 0.0128. The zero-order valence-corrected chi connectivity index (χ0v) is 20.6. The molecule has 0 spiro atoms. The number of quaternary nitrogens is 1. The molecule has 0 fully saturated rings. The van der Waals surface area contributed by atoms with Crippen molar-refractivity contribution < 1.29 is 42.7 Å². The Morgan fingerprint density at radius 3 is 2.12 bits per heavy atom. The number of aliphatic carboxylic acids is 1. The molecule has 0 bridgehead atoms. The summed E-state index contributed by atoms with van der Waals surface area (Å²) in [6.07, 6.45) is 1.49. The van der Waals surface area contributed by atoms with Crippen LogP contribution in [0.2, 0.25) is 5.02 Å². The quantitative estimate of drug-likeness (QED) is 0.146. The maximum Gasteiger partial charge on any atom is 0.472 e. The van der Waals surface area contributed by atoms with E-state index in [1.54, 1.807) is 33.3 Å². The van der Waals surface area contributed by atoms with Crippen LogP contribution in [-0.2, 0) is 18.4 Å². The first-order valence-electron chi connectivity index (χ1n) is 10.6. The zero-order valence-electron chi connectivity index (χ0n) is 18.9. The van der Waals surface area contributed by atoms with E-state index in [0.29, 0.717) is 18.1 Å². The van der Waals surface area contributed by atoms with Gasteiger partial charge in [-0.15, -0.1) is 0 Å². The first-order chi connectivity index (χ1) is 14.9. The molecular formula is C21H35ClNO8P. The van der Waals surface area contributed by atoms with E-state index >= 15 is 0 Å². The Balaban J connectivity index is 2.18. The summed E-state index contributed by atoms with van der Waals surface area (Å²) >= 11 is 5.82. The molecule has 184 valence electrons. The molecule has 0 aliphatic heterocycles. The highest BCUT2D eigenvalue weighted by atomic mass is 35.5. The van der Waals surface area contributed by atoms with Crippen molar-refractivity contribution in [2.24, 2.45) is 0 Å². The van der Waals surface area contributed by atoms with Crippen LogP contribution in [0.4, 0.5) is 0 Å². The number of hydrogen-bond acceptors (Lipinski definition) is 6. The van der Waals surface area contributed by atoms with Crippen LogP contribution in [0.25, 0.3) is 0 Å². The summed E-state index contributed by atoms with van der Waals surface area (Å²) in [5.41, 5.74) is 0. The smallest absolute Gasteiger partial charge is 0.472 e. The molecule has 1 rings (SSSR count). The van der Waals surface area contributed by atoms with Gasteiger partial charge in [0.15, 0.2) is 0 Å². The number of carbonyl (C=O) groups is 1. The van der Waals surface area contributed by atoms with Gasteiger partial charge in [-0.1, -0.05) is 37.3 Å². The summed E-state index contributed by atoms with van der Waals surface area (Å²) < 4.78 is 27.4. The Morgan fingerprint density at radius 1 is 1.06 bits per heavy atom. The molecule has 0 saturated carbocycles. The van der Waals surface area contributed by atoms with Crippen molar-refractivity contribution in [1.82, 2.24) is 0 Å². The number of benzene rings is 1. The summed E-state index contributed by atoms with van der Waals surface area (Å²) in [4.78, 5) is 20.9. The van der Waals surface area contributed by atoms with Gasteiger partial charge in [0.25, 0.3) is 0 Å². The standard InChI is InChI=1S/C21H35ClNO8P/c1-23(2,3)21(26)19(16-20(24)25)31-32(27,28)30-15-9-7-5-4-6-8-14-29-18-12-10-17(22)11-13-18/h10-13,19,21H,4-9,14-16H2,1-3H3,(H,24,25)(H,27,28)/t19-,21?/m1/s1. The predicted molar refractivity (Wildman–Crippen MR) is 119 cm³/mol. The third-order valence-electron chi connectivity index (χ3n) is 4.60. The van der Waals surface area contributed by atoms with Crippen molar-refractivity contribution in [2.75, 3.05) is 34.4 Å². The third-order valence-corrected chi connectivity index (χ3v) is 5.90. The van der Waals surface area contributed by atoms with Crippen molar-refractivity contribution in [2.45, 2.75) is 57.3 Å². The van der Waals surface area contributed by atoms with E-state index in [0.717, 1.165) is 37.9 Å². The van der Waals surface area contributed by atoms with Crippen LogP contribution in [0.3, 0.4) is 0 Å². The predicted octanol–water partition coefficient (Wildman–Crippen LogP) is 3.43. The molecule has 0 aromatic heterocycles. The van der Waals surface area contributed by atoms with Crippen LogP contribution in [0, 0.1) is 0 Å². The monoisotopic (exact) mass is 495 g/mol. The first-order valence-corrected chi connectivity index (χ1v) is 12.5. The van der Waals surface area contributed by atoms with E-state index in [1.807, 2.05) is 12.1 Å². The fraction of sp³-hybridized carbons (Fsp3) is 0.667. The Labute approximate surface area is 195 Å². The summed E-state index contributed by atoms with van der Waals surface area (Å²) in [6.45, 7) is 0.614. The fourth-order valence-electron chi connectivity index (χ4n) is 2.87. The maximum absolute atomic E-state index is 12.4. The maximum atomic E-state index is 12.4. The van der Waals surface area contributed by atoms with Gasteiger partial charge in [0, 0.05) is 11.3 Å². The number of ether oxygens (including phenoxy) is 1. The lowest BCUT2D eigenvalue weighted by Crippen LogP contribution is -2.60. The Hall–Kier alpha value is -1.19. The average Bonchev–Trinajstić information content (AvgIpc) is 2.68. The summed E-state index contributed by atoms with van der Waals surface area (Å²) in [6, 6.07) is 7.22. The summed E-state index contributed by atoms with van der Waals surface area (Å²) in [7, 11) is 0.146. The van der Waals surface area contributed by atoms with Crippen LogP contribution < -0.4 is 9.84 Å². The molecule has 11 heteroatoms. The van der Waals surface area contributed by atoms with E-state index in [1.165, 1.54) is 0 Å². The number of phosphoric ester groups is 1. The second-order valence-corrected chi connectivity index (χ2v) is 10.3. The van der Waals surface area contributed by atoms with Crippen LogP contribution in [0.15, 0.2) is 24.3 Å². The van der Waals surface area contributed by atoms with Crippen LogP contribution >= 0.6 is 19.4 Å². The normalized spacial score (nSPS) is 15.7. The van der Waals surface area contributed by atoms with Crippen molar-refractivity contribution >= 4 is 25.4 Å². The molecule has 0 aliphatic rings. The number of likely N-dealkylation sites (N-methyl/N-ethyl adjacent to an activating group) is 1. The van der Waals surface area contributed by atoms with Gasteiger partial charge in [-0.2, -0.15) is 0 Å². The number of carboxylic acids is 1. The fourth-order valence-corrected chi connectivity index (χ4v) is 3.94. The van der Waals surface area contributed by atoms with E-state index in [9.17, 15) is 19.4 Å². The van der Waals surface area contributed by atoms with Gasteiger partial charge in [0.2, 0.25) is 0 Å². The second-order valence-electron chi connectivity index (χ2n) is 8.47. The summed E-state index contributed by atoms with van der Waals surface area (Å²) in [5, 5.41) is 22.0. The molecule has 0 radical (unpaired) electrons. The number of phosphoric acid groups is 1. The Bertz CT molecular complexity index is 726. The van der Waals surface area contributed by atoms with Gasteiger partial charge in [0.05, 0.1) is 40.8 Å². The van der Waals surface area contributed by atoms with Crippen LogP contribution in [0.1, 0.15) is 44.9 Å². The number of halogens is 1. The third kappa shape index (κ3) is 12.7. The largest absolute Gasteiger partial charge is 0.804 e. The molecule has 2 unspecified atom stereocenters. The minimum Gasteiger partial charge on any atom is -0.804 e.